The van der Waals surface area contributed by atoms with Crippen LogP contribution in [-0.2, 0) is 0 Å². The molecule has 0 atom stereocenters. The zero-order valence-corrected chi connectivity index (χ0v) is 11.1. The van der Waals surface area contributed by atoms with Gasteiger partial charge in [0, 0.05) is 5.56 Å². The van der Waals surface area contributed by atoms with Crippen molar-refractivity contribution in [1.82, 2.24) is 9.97 Å². The number of hydrogen-bond acceptors (Lipinski definition) is 4. The summed E-state index contributed by atoms with van der Waals surface area (Å²) in [7, 11) is 1.58. The van der Waals surface area contributed by atoms with Gasteiger partial charge in [-0.25, -0.2) is 9.97 Å². The predicted octanol–water partition coefficient (Wildman–Crippen LogP) is 2.66. The van der Waals surface area contributed by atoms with Crippen LogP contribution in [0.25, 0.3) is 11.3 Å². The first kappa shape index (κ1) is 12.4. The van der Waals surface area contributed by atoms with Gasteiger partial charge in [0.25, 0.3) is 0 Å². The van der Waals surface area contributed by atoms with Gasteiger partial charge in [-0.15, -0.1) is 0 Å². The summed E-state index contributed by atoms with van der Waals surface area (Å²) in [5.74, 6) is 0.898. The lowest BCUT2D eigenvalue weighted by atomic mass is 9.96. The molecule has 0 bridgehead atoms. The van der Waals surface area contributed by atoms with E-state index in [9.17, 15) is 0 Å². The quantitative estimate of drug-likeness (QED) is 0.880. The van der Waals surface area contributed by atoms with Crippen molar-refractivity contribution >= 4 is 5.82 Å². The van der Waals surface area contributed by atoms with Crippen molar-refractivity contribution in [2.45, 2.75) is 20.8 Å². The van der Waals surface area contributed by atoms with Crippen molar-refractivity contribution in [3.63, 3.8) is 0 Å². The summed E-state index contributed by atoms with van der Waals surface area (Å²) in [6.07, 6.45) is 1.46. The fraction of sp³-hybridized carbons (Fsp3) is 0.286. The second-order valence-electron chi connectivity index (χ2n) is 4.41. The highest BCUT2D eigenvalue weighted by Gasteiger charge is 2.15. The molecule has 4 nitrogen and oxygen atoms in total. The van der Waals surface area contributed by atoms with Gasteiger partial charge >= 0.3 is 0 Å². The topological polar surface area (TPSA) is 61.0 Å². The van der Waals surface area contributed by atoms with Crippen LogP contribution in [0.15, 0.2) is 18.5 Å². The molecule has 4 heteroatoms. The number of hydrogen-bond donors (Lipinski definition) is 1. The van der Waals surface area contributed by atoms with Gasteiger partial charge in [0.05, 0.1) is 7.11 Å². The fourth-order valence-corrected chi connectivity index (χ4v) is 2.32. The second kappa shape index (κ2) is 4.64. The van der Waals surface area contributed by atoms with E-state index in [2.05, 4.69) is 42.9 Å². The van der Waals surface area contributed by atoms with E-state index in [0.29, 0.717) is 11.6 Å². The Bertz CT molecular complexity index is 571. The molecule has 0 saturated carbocycles. The van der Waals surface area contributed by atoms with Gasteiger partial charge in [0.15, 0.2) is 11.6 Å². The van der Waals surface area contributed by atoms with E-state index < -0.39 is 0 Å². The Morgan fingerprint density at radius 2 is 1.67 bits per heavy atom. The summed E-state index contributed by atoms with van der Waals surface area (Å²) in [4.78, 5) is 8.27. The van der Waals surface area contributed by atoms with Crippen LogP contribution in [0.4, 0.5) is 5.82 Å². The number of anilines is 1. The summed E-state index contributed by atoms with van der Waals surface area (Å²) in [5, 5.41) is 0. The molecule has 0 saturated heterocycles. The maximum Gasteiger partial charge on any atom is 0.187 e. The Morgan fingerprint density at radius 1 is 1.06 bits per heavy atom. The molecule has 94 valence electrons. The average Bonchev–Trinajstić information content (AvgIpc) is 2.27. The smallest absolute Gasteiger partial charge is 0.187 e. The first-order valence-electron chi connectivity index (χ1n) is 5.77. The molecular weight excluding hydrogens is 226 g/mol. The molecule has 0 unspecified atom stereocenters. The molecule has 2 N–H and O–H groups in total. The largest absolute Gasteiger partial charge is 0.491 e. The van der Waals surface area contributed by atoms with Crippen LogP contribution in [0.2, 0.25) is 0 Å². The molecule has 0 amide bonds. The van der Waals surface area contributed by atoms with Crippen molar-refractivity contribution < 1.29 is 4.74 Å². The van der Waals surface area contributed by atoms with Gasteiger partial charge in [0.2, 0.25) is 0 Å². The second-order valence-corrected chi connectivity index (χ2v) is 4.41. The lowest BCUT2D eigenvalue weighted by Crippen LogP contribution is -2.01. The van der Waals surface area contributed by atoms with E-state index in [1.54, 1.807) is 7.11 Å². The summed E-state index contributed by atoms with van der Waals surface area (Å²) >= 11 is 0. The molecule has 0 radical (unpaired) electrons. The van der Waals surface area contributed by atoms with Crippen molar-refractivity contribution in [3.05, 3.63) is 35.2 Å². The molecule has 1 heterocycles. The fourth-order valence-electron chi connectivity index (χ4n) is 2.32. The highest BCUT2D eigenvalue weighted by atomic mass is 16.5. The minimum absolute atomic E-state index is 0.363. The molecule has 18 heavy (non-hydrogen) atoms. The third-order valence-corrected chi connectivity index (χ3v) is 2.95. The summed E-state index contributed by atoms with van der Waals surface area (Å²) in [5.41, 5.74) is 11.2. The van der Waals surface area contributed by atoms with Gasteiger partial charge < -0.3 is 10.5 Å². The average molecular weight is 243 g/mol. The van der Waals surface area contributed by atoms with Gasteiger partial charge in [-0.05, 0) is 31.9 Å². The number of ether oxygens (including phenoxy) is 1. The summed E-state index contributed by atoms with van der Waals surface area (Å²) < 4.78 is 5.32. The number of nitrogens with zero attached hydrogens (tertiary/aromatic N) is 2. The number of rotatable bonds is 2. The molecule has 0 aliphatic carbocycles. The van der Waals surface area contributed by atoms with E-state index in [0.717, 1.165) is 22.4 Å². The van der Waals surface area contributed by atoms with Crippen LogP contribution in [0.3, 0.4) is 0 Å². The van der Waals surface area contributed by atoms with Crippen molar-refractivity contribution in [3.8, 4) is 17.0 Å². The highest BCUT2D eigenvalue weighted by molar-refractivity contribution is 5.76. The van der Waals surface area contributed by atoms with Crippen molar-refractivity contribution in [2.24, 2.45) is 0 Å². The highest BCUT2D eigenvalue weighted by Crippen LogP contribution is 2.35. The SMILES string of the molecule is COc1c(N)ncnc1-c1c(C)cc(C)cc1C. The third kappa shape index (κ3) is 2.01. The van der Waals surface area contributed by atoms with Crippen LogP contribution in [0.5, 0.6) is 5.75 Å². The third-order valence-electron chi connectivity index (χ3n) is 2.95. The summed E-state index contributed by atoms with van der Waals surface area (Å²) in [6.45, 7) is 6.20. The Morgan fingerprint density at radius 3 is 2.22 bits per heavy atom. The number of aryl methyl sites for hydroxylation is 3. The first-order chi connectivity index (χ1) is 8.54. The Labute approximate surface area is 107 Å². The Hall–Kier alpha value is -2.10. The maximum absolute atomic E-state index is 5.82. The van der Waals surface area contributed by atoms with Crippen LogP contribution in [-0.4, -0.2) is 17.1 Å². The van der Waals surface area contributed by atoms with E-state index in [4.69, 9.17) is 10.5 Å². The van der Waals surface area contributed by atoms with Crippen LogP contribution >= 0.6 is 0 Å². The number of methoxy groups -OCH3 is 1. The van der Waals surface area contributed by atoms with E-state index in [-0.39, 0.29) is 0 Å². The Balaban J connectivity index is 2.73. The Kier molecular flexibility index (Phi) is 3.19. The van der Waals surface area contributed by atoms with Gasteiger partial charge in [-0.3, -0.25) is 0 Å². The lowest BCUT2D eigenvalue weighted by Gasteiger charge is -2.14. The molecule has 0 fully saturated rings. The van der Waals surface area contributed by atoms with Gasteiger partial charge in [-0.2, -0.15) is 0 Å². The summed E-state index contributed by atoms with van der Waals surface area (Å²) in [6, 6.07) is 4.25. The van der Waals surface area contributed by atoms with E-state index in [1.165, 1.54) is 11.9 Å². The normalized spacial score (nSPS) is 10.4. The molecule has 0 aliphatic heterocycles. The number of benzene rings is 1. The van der Waals surface area contributed by atoms with Crippen molar-refractivity contribution in [2.75, 3.05) is 12.8 Å². The maximum atomic E-state index is 5.82. The monoisotopic (exact) mass is 243 g/mol. The van der Waals surface area contributed by atoms with Crippen molar-refractivity contribution in [1.29, 1.82) is 0 Å². The van der Waals surface area contributed by atoms with Gasteiger partial charge in [-0.1, -0.05) is 17.7 Å². The van der Waals surface area contributed by atoms with E-state index >= 15 is 0 Å². The molecule has 2 rings (SSSR count). The van der Waals surface area contributed by atoms with Crippen LogP contribution < -0.4 is 10.5 Å². The molecule has 0 spiro atoms. The van der Waals surface area contributed by atoms with Crippen LogP contribution in [0.1, 0.15) is 16.7 Å². The van der Waals surface area contributed by atoms with E-state index in [1.807, 2.05) is 0 Å². The number of nitrogen functional groups attached to an aromatic ring is 1. The number of nitrogens with two attached hydrogens (primary N) is 1. The minimum Gasteiger partial charge on any atom is -0.491 e. The molecule has 1 aromatic heterocycles. The first-order valence-corrected chi connectivity index (χ1v) is 5.77. The van der Waals surface area contributed by atoms with Gasteiger partial charge in [0.1, 0.15) is 12.0 Å². The molecule has 1 aromatic carbocycles. The number of aromatic nitrogens is 2. The molecule has 0 aliphatic rings. The zero-order valence-electron chi connectivity index (χ0n) is 11.1. The predicted molar refractivity (Wildman–Crippen MR) is 72.6 cm³/mol. The van der Waals surface area contributed by atoms with Crippen LogP contribution in [0, 0.1) is 20.8 Å². The minimum atomic E-state index is 0.363. The molecular formula is C14H17N3O. The standard InChI is InChI=1S/C14H17N3O/c1-8-5-9(2)11(10(3)6-8)12-13(18-4)14(15)17-7-16-12/h5-7H,1-4H3,(H2,15,16,17). The zero-order chi connectivity index (χ0) is 13.3. The lowest BCUT2D eigenvalue weighted by molar-refractivity contribution is 0.415. The molecule has 2 aromatic rings.